The van der Waals surface area contributed by atoms with Gasteiger partial charge in [-0.2, -0.15) is 0 Å². The number of para-hydroxylation sites is 1. The molecule has 1 rings (SSSR count). The Morgan fingerprint density at radius 2 is 2.06 bits per heavy atom. The molecular weight excluding hydrogens is 248 g/mol. The van der Waals surface area contributed by atoms with Gasteiger partial charge in [0.05, 0.1) is 5.69 Å². The van der Waals surface area contributed by atoms with Crippen molar-refractivity contribution in [3.63, 3.8) is 0 Å². The molecule has 0 saturated carbocycles. The first-order valence-corrected chi connectivity index (χ1v) is 6.79. The summed E-state index contributed by atoms with van der Waals surface area (Å²) in [5, 5.41) is 0.633. The van der Waals surface area contributed by atoms with Crippen molar-refractivity contribution in [1.82, 2.24) is 10.9 Å². The highest BCUT2D eigenvalue weighted by atomic mass is 32.2. The number of unbranched alkanes of at least 4 members (excludes halogenated alkanes) is 1. The molecule has 98 valence electrons. The fraction of sp³-hybridized carbons (Fsp3) is 0.333. The maximum absolute atomic E-state index is 10.7. The lowest BCUT2D eigenvalue weighted by Gasteiger charge is -2.09. The standard InChI is InChI=1S/C12H18N4OS/c1-2-3-9-18-12(16-15-11(13)17)14-10-7-5-4-6-8-10/h4-8H,2-3,9H2,1H3,(H,14,16)(H3,13,15,17). The van der Waals surface area contributed by atoms with Gasteiger partial charge in [0.25, 0.3) is 0 Å². The molecule has 0 atom stereocenters. The average Bonchev–Trinajstić information content (AvgIpc) is 2.37. The number of rotatable bonds is 4. The maximum Gasteiger partial charge on any atom is 0.330 e. The van der Waals surface area contributed by atoms with Gasteiger partial charge in [-0.25, -0.2) is 9.79 Å². The number of benzene rings is 1. The molecule has 1 aromatic rings. The van der Waals surface area contributed by atoms with Gasteiger partial charge >= 0.3 is 6.03 Å². The second kappa shape index (κ2) is 8.41. The van der Waals surface area contributed by atoms with E-state index in [4.69, 9.17) is 5.73 Å². The van der Waals surface area contributed by atoms with Crippen molar-refractivity contribution in [3.05, 3.63) is 30.3 Å². The van der Waals surface area contributed by atoms with E-state index in [2.05, 4.69) is 22.8 Å². The van der Waals surface area contributed by atoms with Crippen molar-refractivity contribution < 1.29 is 4.79 Å². The minimum absolute atomic E-state index is 0.633. The van der Waals surface area contributed by atoms with Gasteiger partial charge in [-0.05, 0) is 18.6 Å². The number of thioether (sulfide) groups is 1. The molecule has 2 amide bonds. The van der Waals surface area contributed by atoms with Gasteiger partial charge in [0.1, 0.15) is 0 Å². The van der Waals surface area contributed by atoms with Crippen LogP contribution in [0.3, 0.4) is 0 Å². The molecule has 18 heavy (non-hydrogen) atoms. The molecular formula is C12H18N4OS. The van der Waals surface area contributed by atoms with Crippen molar-refractivity contribution in [3.8, 4) is 0 Å². The number of amidine groups is 1. The third kappa shape index (κ3) is 6.15. The second-order valence-corrected chi connectivity index (χ2v) is 4.65. The van der Waals surface area contributed by atoms with Crippen LogP contribution >= 0.6 is 11.8 Å². The van der Waals surface area contributed by atoms with E-state index >= 15 is 0 Å². The van der Waals surface area contributed by atoms with Crippen LogP contribution in [0.25, 0.3) is 0 Å². The summed E-state index contributed by atoms with van der Waals surface area (Å²) in [7, 11) is 0. The Hall–Kier alpha value is -1.69. The predicted octanol–water partition coefficient (Wildman–Crippen LogP) is 2.38. The number of carbonyl (C=O) groups excluding carboxylic acids is 1. The molecule has 0 saturated heterocycles. The average molecular weight is 266 g/mol. The van der Waals surface area contributed by atoms with E-state index in [1.54, 1.807) is 11.8 Å². The number of carbonyl (C=O) groups is 1. The monoisotopic (exact) mass is 266 g/mol. The van der Waals surface area contributed by atoms with Gasteiger partial charge < -0.3 is 5.73 Å². The number of nitrogens with zero attached hydrogens (tertiary/aromatic N) is 1. The molecule has 1 aromatic carbocycles. The number of nitrogens with one attached hydrogen (secondary N) is 2. The number of primary amides is 1. The predicted molar refractivity (Wildman–Crippen MR) is 76.8 cm³/mol. The molecule has 0 bridgehead atoms. The summed E-state index contributed by atoms with van der Waals surface area (Å²) in [4.78, 5) is 15.1. The fourth-order valence-electron chi connectivity index (χ4n) is 1.14. The Balaban J connectivity index is 2.63. The highest BCUT2D eigenvalue weighted by Gasteiger charge is 2.01. The van der Waals surface area contributed by atoms with Crippen LogP contribution in [0, 0.1) is 0 Å². The second-order valence-electron chi connectivity index (χ2n) is 3.57. The summed E-state index contributed by atoms with van der Waals surface area (Å²) < 4.78 is 0. The van der Waals surface area contributed by atoms with E-state index in [0.717, 1.165) is 24.3 Å². The van der Waals surface area contributed by atoms with E-state index in [0.29, 0.717) is 5.17 Å². The van der Waals surface area contributed by atoms with E-state index in [-0.39, 0.29) is 0 Å². The number of urea groups is 1. The van der Waals surface area contributed by atoms with Crippen LogP contribution in [0.4, 0.5) is 10.5 Å². The molecule has 0 aliphatic rings. The lowest BCUT2D eigenvalue weighted by atomic mass is 10.3. The summed E-state index contributed by atoms with van der Waals surface area (Å²) in [5.74, 6) is 0.940. The smallest absolute Gasteiger partial charge is 0.330 e. The Labute approximate surface area is 111 Å². The molecule has 5 nitrogen and oxygen atoms in total. The first kappa shape index (κ1) is 14.4. The molecule has 0 unspecified atom stereocenters. The summed E-state index contributed by atoms with van der Waals surface area (Å²) in [5.41, 5.74) is 10.9. The van der Waals surface area contributed by atoms with E-state index < -0.39 is 6.03 Å². The van der Waals surface area contributed by atoms with Gasteiger partial charge in [0, 0.05) is 5.75 Å². The van der Waals surface area contributed by atoms with Gasteiger partial charge in [-0.3, -0.25) is 10.9 Å². The van der Waals surface area contributed by atoms with Gasteiger partial charge in [0.2, 0.25) is 0 Å². The molecule has 0 fully saturated rings. The minimum atomic E-state index is -0.633. The van der Waals surface area contributed by atoms with Crippen molar-refractivity contribution in [2.45, 2.75) is 19.8 Å². The molecule has 0 heterocycles. The van der Waals surface area contributed by atoms with Crippen LogP contribution in [0.1, 0.15) is 19.8 Å². The van der Waals surface area contributed by atoms with Crippen molar-refractivity contribution in [2.75, 3.05) is 5.75 Å². The lowest BCUT2D eigenvalue weighted by Crippen LogP contribution is -2.43. The Bertz CT molecular complexity index is 394. The largest absolute Gasteiger partial charge is 0.350 e. The quantitative estimate of drug-likeness (QED) is 0.339. The van der Waals surface area contributed by atoms with E-state index in [1.807, 2.05) is 30.3 Å². The van der Waals surface area contributed by atoms with Crippen LogP contribution in [0.2, 0.25) is 0 Å². The molecule has 4 N–H and O–H groups in total. The zero-order valence-corrected chi connectivity index (χ0v) is 11.2. The SMILES string of the molecule is CCCCSC(=Nc1ccccc1)NNC(N)=O. The summed E-state index contributed by atoms with van der Waals surface area (Å²) in [6, 6.07) is 8.91. The Morgan fingerprint density at radius 1 is 1.33 bits per heavy atom. The maximum atomic E-state index is 10.7. The zero-order chi connectivity index (χ0) is 13.2. The minimum Gasteiger partial charge on any atom is -0.350 e. The number of amides is 2. The Morgan fingerprint density at radius 3 is 2.67 bits per heavy atom. The van der Waals surface area contributed by atoms with Crippen molar-refractivity contribution in [1.29, 1.82) is 0 Å². The number of hydrazine groups is 1. The van der Waals surface area contributed by atoms with E-state index in [1.165, 1.54) is 0 Å². The molecule has 0 aliphatic carbocycles. The summed E-state index contributed by atoms with van der Waals surface area (Å²) in [6.07, 6.45) is 2.21. The van der Waals surface area contributed by atoms with Crippen LogP contribution in [0.5, 0.6) is 0 Å². The lowest BCUT2D eigenvalue weighted by molar-refractivity contribution is 0.247. The van der Waals surface area contributed by atoms with Crippen LogP contribution < -0.4 is 16.6 Å². The fourth-order valence-corrected chi connectivity index (χ4v) is 2.06. The zero-order valence-electron chi connectivity index (χ0n) is 10.3. The van der Waals surface area contributed by atoms with Gasteiger partial charge in [-0.15, -0.1) is 0 Å². The number of hydrogen-bond donors (Lipinski definition) is 3. The first-order valence-electron chi connectivity index (χ1n) is 5.80. The van der Waals surface area contributed by atoms with Gasteiger partial charge in [-0.1, -0.05) is 43.3 Å². The molecule has 0 spiro atoms. The highest BCUT2D eigenvalue weighted by molar-refractivity contribution is 8.13. The molecule has 0 aliphatic heterocycles. The third-order valence-electron chi connectivity index (χ3n) is 2.02. The highest BCUT2D eigenvalue weighted by Crippen LogP contribution is 2.14. The van der Waals surface area contributed by atoms with Crippen LogP contribution in [-0.2, 0) is 0 Å². The van der Waals surface area contributed by atoms with Crippen molar-refractivity contribution in [2.24, 2.45) is 10.7 Å². The van der Waals surface area contributed by atoms with E-state index in [9.17, 15) is 4.79 Å². The normalized spacial score (nSPS) is 11.1. The van der Waals surface area contributed by atoms with Crippen molar-refractivity contribution >= 4 is 28.6 Å². The Kier molecular flexibility index (Phi) is 6.71. The molecule has 6 heteroatoms. The summed E-state index contributed by atoms with van der Waals surface area (Å²) >= 11 is 1.55. The molecule has 0 radical (unpaired) electrons. The number of hydrogen-bond acceptors (Lipinski definition) is 3. The topological polar surface area (TPSA) is 79.5 Å². The van der Waals surface area contributed by atoms with Gasteiger partial charge in [0.15, 0.2) is 5.17 Å². The third-order valence-corrected chi connectivity index (χ3v) is 2.98. The van der Waals surface area contributed by atoms with Crippen LogP contribution in [0.15, 0.2) is 35.3 Å². The van der Waals surface area contributed by atoms with Crippen LogP contribution in [-0.4, -0.2) is 17.0 Å². The number of aliphatic imine (C=N–C) groups is 1. The number of nitrogens with two attached hydrogens (primary N) is 1. The molecule has 0 aromatic heterocycles. The summed E-state index contributed by atoms with van der Waals surface area (Å²) in [6.45, 7) is 2.13. The first-order chi connectivity index (χ1) is 8.72.